The molecule has 0 atom stereocenters. The van der Waals surface area contributed by atoms with Gasteiger partial charge in [0, 0.05) is 33.5 Å². The molecule has 0 spiro atoms. The van der Waals surface area contributed by atoms with Gasteiger partial charge in [-0.25, -0.2) is 0 Å². The molecule has 0 aromatic heterocycles. The van der Waals surface area contributed by atoms with Crippen LogP contribution in [0.25, 0.3) is 49.4 Å². The second-order valence-corrected chi connectivity index (χ2v) is 16.4. The monoisotopic (exact) mass is 834 g/mol. The van der Waals surface area contributed by atoms with Crippen LogP contribution in [-0.2, 0) is 6.42 Å². The summed E-state index contributed by atoms with van der Waals surface area (Å²) in [6, 6.07) is 87.4. The van der Waals surface area contributed by atoms with Crippen molar-refractivity contribution < 1.29 is 0 Å². The van der Waals surface area contributed by atoms with Gasteiger partial charge in [0.2, 0.25) is 0 Å². The zero-order valence-electron chi connectivity index (χ0n) is 36.6. The van der Waals surface area contributed by atoms with Crippen molar-refractivity contribution in [3.63, 3.8) is 0 Å². The number of para-hydroxylation sites is 2. The molecular weight excluding hydrogens is 785 g/mol. The van der Waals surface area contributed by atoms with Crippen molar-refractivity contribution in [2.75, 3.05) is 9.80 Å². The van der Waals surface area contributed by atoms with E-state index in [2.05, 4.69) is 278 Å². The molecule has 0 heterocycles. The molecule has 10 aromatic carbocycles. The number of benzene rings is 10. The number of hydrogen-bond acceptors (Lipinski definition) is 2. The van der Waals surface area contributed by atoms with Crippen LogP contribution in [0.3, 0.4) is 0 Å². The average molecular weight is 835 g/mol. The molecule has 0 aliphatic carbocycles. The zero-order valence-corrected chi connectivity index (χ0v) is 36.6. The number of rotatable bonds is 13. The van der Waals surface area contributed by atoms with Crippen LogP contribution in [0, 0.1) is 0 Å². The summed E-state index contributed by atoms with van der Waals surface area (Å²) >= 11 is 0. The quantitative estimate of drug-likeness (QED) is 0.107. The van der Waals surface area contributed by atoms with E-state index in [9.17, 15) is 0 Å². The lowest BCUT2D eigenvalue weighted by atomic mass is 9.98. The Morgan fingerprint density at radius 2 is 0.815 bits per heavy atom. The Hall–Kier alpha value is -8.20. The van der Waals surface area contributed by atoms with Gasteiger partial charge in [0.05, 0.1) is 11.4 Å². The van der Waals surface area contributed by atoms with Crippen molar-refractivity contribution in [2.24, 2.45) is 0 Å². The predicted octanol–water partition coefficient (Wildman–Crippen LogP) is 17.9. The Bertz CT molecular complexity index is 3230. The summed E-state index contributed by atoms with van der Waals surface area (Å²) in [5.74, 6) is 0. The number of allylic oxidation sites excluding steroid dienone is 4. The normalized spacial score (nSPS) is 11.6. The molecule has 0 aliphatic heterocycles. The fraction of sp³-hybridized carbons (Fsp3) is 0.0476. The van der Waals surface area contributed by atoms with Crippen LogP contribution in [-0.4, -0.2) is 0 Å². The molecule has 0 unspecified atom stereocenters. The third-order valence-corrected chi connectivity index (χ3v) is 12.2. The molecule has 0 saturated carbocycles. The van der Waals surface area contributed by atoms with Gasteiger partial charge in [-0.05, 0) is 123 Å². The first-order valence-corrected chi connectivity index (χ1v) is 22.6. The van der Waals surface area contributed by atoms with Gasteiger partial charge in [0.25, 0.3) is 0 Å². The second-order valence-electron chi connectivity index (χ2n) is 16.4. The highest BCUT2D eigenvalue weighted by Crippen LogP contribution is 2.41. The lowest BCUT2D eigenvalue weighted by molar-refractivity contribution is 1.22. The van der Waals surface area contributed by atoms with E-state index < -0.39 is 0 Å². The zero-order chi connectivity index (χ0) is 43.8. The van der Waals surface area contributed by atoms with Crippen molar-refractivity contribution in [2.45, 2.75) is 19.8 Å². The minimum absolute atomic E-state index is 0.846. The van der Waals surface area contributed by atoms with E-state index in [1.807, 2.05) is 0 Å². The molecule has 0 amide bonds. The Morgan fingerprint density at radius 1 is 0.385 bits per heavy atom. The Balaban J connectivity index is 0.842. The minimum Gasteiger partial charge on any atom is -0.310 e. The summed E-state index contributed by atoms with van der Waals surface area (Å²) in [7, 11) is 0. The van der Waals surface area contributed by atoms with Gasteiger partial charge in [-0.15, -0.1) is 0 Å². The van der Waals surface area contributed by atoms with Crippen molar-refractivity contribution >= 4 is 61.2 Å². The lowest BCUT2D eigenvalue weighted by Gasteiger charge is -2.27. The highest BCUT2D eigenvalue weighted by atomic mass is 15.1. The summed E-state index contributed by atoms with van der Waals surface area (Å²) < 4.78 is 0. The average Bonchev–Trinajstić information content (AvgIpc) is 3.38. The van der Waals surface area contributed by atoms with E-state index in [4.69, 9.17) is 0 Å². The summed E-state index contributed by atoms with van der Waals surface area (Å²) in [5, 5.41) is 4.91. The maximum atomic E-state index is 2.36. The van der Waals surface area contributed by atoms with E-state index in [-0.39, 0.29) is 0 Å². The molecule has 65 heavy (non-hydrogen) atoms. The van der Waals surface area contributed by atoms with E-state index in [1.54, 1.807) is 0 Å². The molecule has 0 saturated heterocycles. The fourth-order valence-electron chi connectivity index (χ4n) is 8.98. The molecule has 10 rings (SSSR count). The number of nitrogens with zero attached hydrogens (tertiary/aromatic N) is 2. The van der Waals surface area contributed by atoms with Crippen LogP contribution < -0.4 is 9.80 Å². The highest BCUT2D eigenvalue weighted by molar-refractivity contribution is 6.00. The van der Waals surface area contributed by atoms with Crippen molar-refractivity contribution in [3.05, 3.63) is 272 Å². The van der Waals surface area contributed by atoms with Gasteiger partial charge in [-0.1, -0.05) is 207 Å². The minimum atomic E-state index is 0.846. The van der Waals surface area contributed by atoms with E-state index in [0.29, 0.717) is 0 Å². The first kappa shape index (κ1) is 40.8. The molecule has 2 heteroatoms. The summed E-state index contributed by atoms with van der Waals surface area (Å²) in [4.78, 5) is 4.71. The van der Waals surface area contributed by atoms with Crippen LogP contribution in [0.5, 0.6) is 0 Å². The van der Waals surface area contributed by atoms with Crippen LogP contribution in [0.15, 0.2) is 261 Å². The van der Waals surface area contributed by atoms with Crippen molar-refractivity contribution in [3.8, 4) is 22.3 Å². The Labute approximate surface area is 383 Å². The Kier molecular flexibility index (Phi) is 12.0. The van der Waals surface area contributed by atoms with Gasteiger partial charge >= 0.3 is 0 Å². The van der Waals surface area contributed by atoms with Gasteiger partial charge in [0.1, 0.15) is 0 Å². The van der Waals surface area contributed by atoms with Crippen LogP contribution >= 0.6 is 0 Å². The smallest absolute Gasteiger partial charge is 0.0540 e. The number of fused-ring (bicyclic) bond motifs is 2. The molecule has 0 radical (unpaired) electrons. The number of hydrogen-bond donors (Lipinski definition) is 0. The van der Waals surface area contributed by atoms with E-state index >= 15 is 0 Å². The summed E-state index contributed by atoms with van der Waals surface area (Å²) in [6.45, 7) is 2.20. The molecule has 0 N–H and O–H groups in total. The first-order valence-electron chi connectivity index (χ1n) is 22.6. The largest absolute Gasteiger partial charge is 0.310 e. The third kappa shape index (κ3) is 8.89. The summed E-state index contributed by atoms with van der Waals surface area (Å²) in [5.41, 5.74) is 15.4. The number of anilines is 6. The van der Waals surface area contributed by atoms with Crippen LogP contribution in [0.4, 0.5) is 34.1 Å². The fourth-order valence-corrected chi connectivity index (χ4v) is 8.98. The molecule has 312 valence electrons. The SMILES string of the molecule is CC/C=C(\C=C/Cc1cccc(-c2ccc(-c3ccc(N(c4ccccc4)c4cccc5ccccc45)cc3)cc2)c1)c1ccc(N(c2ccccc2)c2cccc3ccccc23)cc1. The molecule has 10 aromatic rings. The third-order valence-electron chi connectivity index (χ3n) is 12.2. The lowest BCUT2D eigenvalue weighted by Crippen LogP contribution is -2.10. The van der Waals surface area contributed by atoms with Crippen LogP contribution in [0.1, 0.15) is 24.5 Å². The van der Waals surface area contributed by atoms with Crippen molar-refractivity contribution in [1.29, 1.82) is 0 Å². The topological polar surface area (TPSA) is 6.48 Å². The highest BCUT2D eigenvalue weighted by Gasteiger charge is 2.17. The van der Waals surface area contributed by atoms with Gasteiger partial charge < -0.3 is 9.80 Å². The molecule has 2 nitrogen and oxygen atoms in total. The molecule has 0 aliphatic rings. The van der Waals surface area contributed by atoms with Crippen LogP contribution in [0.2, 0.25) is 0 Å². The maximum Gasteiger partial charge on any atom is 0.0540 e. The van der Waals surface area contributed by atoms with Gasteiger partial charge in [0.15, 0.2) is 0 Å². The molecule has 0 bridgehead atoms. The predicted molar refractivity (Wildman–Crippen MR) is 279 cm³/mol. The summed E-state index contributed by atoms with van der Waals surface area (Å²) in [6.07, 6.45) is 8.71. The van der Waals surface area contributed by atoms with Gasteiger partial charge in [-0.2, -0.15) is 0 Å². The Morgan fingerprint density at radius 3 is 1.35 bits per heavy atom. The van der Waals surface area contributed by atoms with Crippen molar-refractivity contribution in [1.82, 2.24) is 0 Å². The second kappa shape index (κ2) is 19.0. The first-order chi connectivity index (χ1) is 32.2. The maximum absolute atomic E-state index is 2.36. The standard InChI is InChI=1S/C63H50N2/c1-2-17-48(50-38-42-58(43-39-50)64(56-26-5-3-6-27-56)62-32-15-23-53-20-9-11-30-60(53)62)22-13-18-47-19-14-25-55(46-47)52-36-34-49(35-37-52)51-40-44-59(45-41-51)65(57-28-7-4-8-29-57)63-33-16-24-54-21-10-12-31-61(54)63/h3-17,19-46H,2,18H2,1H3/b22-13-,48-17+. The van der Waals surface area contributed by atoms with Gasteiger partial charge in [-0.3, -0.25) is 0 Å². The van der Waals surface area contributed by atoms with E-state index in [1.165, 1.54) is 66.2 Å². The van der Waals surface area contributed by atoms with E-state index in [0.717, 1.165) is 41.3 Å². The molecule has 0 fully saturated rings. The molecular formula is C63H50N2.